The molecule has 0 atom stereocenters. The first-order valence-corrected chi connectivity index (χ1v) is 7.14. The smallest absolute Gasteiger partial charge is 0.260 e. The monoisotopic (exact) mass is 302 g/mol. The van der Waals surface area contributed by atoms with Gasteiger partial charge in [0.2, 0.25) is 5.91 Å². The Morgan fingerprint density at radius 3 is 2.89 bits per heavy atom. The van der Waals surface area contributed by atoms with Crippen LogP contribution in [0.3, 0.4) is 0 Å². The van der Waals surface area contributed by atoms with Crippen LogP contribution in [0.1, 0.15) is 0 Å². The number of imidazole rings is 1. The lowest BCUT2D eigenvalue weighted by Crippen LogP contribution is -2.35. The summed E-state index contributed by atoms with van der Waals surface area (Å²) in [6.45, 7) is -0.366. The van der Waals surface area contributed by atoms with Crippen LogP contribution < -0.4 is 10.0 Å². The number of halogens is 1. The second-order valence-corrected chi connectivity index (χ2v) is 5.67. The molecule has 2 aromatic rings. The minimum atomic E-state index is -3.92. The molecule has 0 fully saturated rings. The van der Waals surface area contributed by atoms with Crippen LogP contribution in [-0.4, -0.2) is 37.3 Å². The molecule has 0 saturated heterocycles. The molecule has 2 rings (SSSR count). The average Bonchev–Trinajstić information content (AvgIpc) is 2.72. The van der Waals surface area contributed by atoms with Gasteiger partial charge in [-0.1, -0.05) is 17.7 Å². The number of aromatic nitrogens is 2. The first-order chi connectivity index (χ1) is 8.95. The number of nitrogens with one attached hydrogen (secondary N) is 2. The number of hydrogen-bond acceptors (Lipinski definition) is 4. The van der Waals surface area contributed by atoms with Gasteiger partial charge in [0.05, 0.1) is 6.54 Å². The molecule has 0 aliphatic rings. The van der Waals surface area contributed by atoms with E-state index in [9.17, 15) is 13.2 Å². The van der Waals surface area contributed by atoms with Crippen LogP contribution in [0.15, 0.2) is 29.4 Å². The Balaban J connectivity index is 2.43. The molecule has 0 aliphatic carbocycles. The lowest BCUT2D eigenvalue weighted by molar-refractivity contribution is -0.119. The van der Waals surface area contributed by atoms with Crippen LogP contribution in [0.5, 0.6) is 0 Å². The second kappa shape index (κ2) is 5.16. The minimum absolute atomic E-state index is 0.143. The molecular weight excluding hydrogens is 292 g/mol. The summed E-state index contributed by atoms with van der Waals surface area (Å²) in [5.74, 6) is -0.450. The molecule has 0 spiro atoms. The number of carbonyl (C=O) groups is 1. The summed E-state index contributed by atoms with van der Waals surface area (Å²) in [7, 11) is -2.51. The Bertz CT molecular complexity index is 725. The van der Waals surface area contributed by atoms with Gasteiger partial charge >= 0.3 is 0 Å². The van der Waals surface area contributed by atoms with E-state index in [0.29, 0.717) is 5.65 Å². The number of hydrogen-bond donors (Lipinski definition) is 2. The van der Waals surface area contributed by atoms with Gasteiger partial charge in [-0.3, -0.25) is 9.20 Å². The molecule has 7 nitrogen and oxygen atoms in total. The fourth-order valence-corrected chi connectivity index (χ4v) is 3.12. The molecule has 2 N–H and O–H groups in total. The molecule has 9 heteroatoms. The Morgan fingerprint density at radius 1 is 1.47 bits per heavy atom. The number of fused-ring (bicyclic) bond motifs is 1. The summed E-state index contributed by atoms with van der Waals surface area (Å²) < 4.78 is 27.7. The van der Waals surface area contributed by atoms with Crippen LogP contribution in [0.25, 0.3) is 5.65 Å². The highest BCUT2D eigenvalue weighted by Gasteiger charge is 2.24. The number of amides is 1. The molecule has 102 valence electrons. The van der Waals surface area contributed by atoms with Gasteiger partial charge in [-0.2, -0.15) is 0 Å². The molecule has 0 aliphatic heterocycles. The maximum atomic E-state index is 12.1. The van der Waals surface area contributed by atoms with E-state index in [1.165, 1.54) is 17.6 Å². The number of likely N-dealkylation sites (N-methyl/N-ethyl adjacent to an activating group) is 1. The van der Waals surface area contributed by atoms with Gasteiger partial charge in [-0.15, -0.1) is 0 Å². The number of sulfonamides is 1. The third-order valence-electron chi connectivity index (χ3n) is 2.40. The Labute approximate surface area is 114 Å². The largest absolute Gasteiger partial charge is 0.358 e. The maximum Gasteiger partial charge on any atom is 0.260 e. The first-order valence-electron chi connectivity index (χ1n) is 5.28. The van der Waals surface area contributed by atoms with Crippen LogP contribution in [0, 0.1) is 0 Å². The molecular formula is C10H11ClN4O3S. The highest BCUT2D eigenvalue weighted by molar-refractivity contribution is 7.89. The lowest BCUT2D eigenvalue weighted by Gasteiger charge is -2.06. The van der Waals surface area contributed by atoms with Gasteiger partial charge in [0.1, 0.15) is 5.65 Å². The van der Waals surface area contributed by atoms with Crippen molar-refractivity contribution in [2.45, 2.75) is 5.03 Å². The predicted molar refractivity (Wildman–Crippen MR) is 69.5 cm³/mol. The number of carbonyl (C=O) groups excluding carboxylic acids is 1. The number of rotatable bonds is 4. The van der Waals surface area contributed by atoms with Gasteiger partial charge < -0.3 is 5.32 Å². The van der Waals surface area contributed by atoms with Crippen molar-refractivity contribution in [1.29, 1.82) is 0 Å². The molecule has 0 bridgehead atoms. The van der Waals surface area contributed by atoms with E-state index in [-0.39, 0.29) is 16.7 Å². The van der Waals surface area contributed by atoms with Gasteiger partial charge in [0.15, 0.2) is 10.2 Å². The average molecular weight is 303 g/mol. The van der Waals surface area contributed by atoms with Crippen molar-refractivity contribution >= 4 is 33.2 Å². The van der Waals surface area contributed by atoms with Crippen molar-refractivity contribution in [1.82, 2.24) is 19.4 Å². The minimum Gasteiger partial charge on any atom is -0.358 e. The summed E-state index contributed by atoms with van der Waals surface area (Å²) in [6.07, 6.45) is 1.53. The standard InChI is InChI=1S/C10H11ClN4O3S/c1-12-8(16)6-13-19(17,18)10-9(11)14-7-4-2-3-5-15(7)10/h2-5,13H,6H2,1H3,(H,12,16). The van der Waals surface area contributed by atoms with Gasteiger partial charge in [0.25, 0.3) is 10.0 Å². The zero-order chi connectivity index (χ0) is 14.0. The van der Waals surface area contributed by atoms with E-state index < -0.39 is 15.9 Å². The molecule has 1 amide bonds. The summed E-state index contributed by atoms with van der Waals surface area (Å²) in [6, 6.07) is 5.00. The van der Waals surface area contributed by atoms with Crippen LogP contribution >= 0.6 is 11.6 Å². The Hall–Kier alpha value is -1.64. The van der Waals surface area contributed by atoms with E-state index in [1.807, 2.05) is 0 Å². The highest BCUT2D eigenvalue weighted by Crippen LogP contribution is 2.21. The molecule has 19 heavy (non-hydrogen) atoms. The third-order valence-corrected chi connectivity index (χ3v) is 4.20. The molecule has 0 unspecified atom stereocenters. The molecule has 0 radical (unpaired) electrons. The molecule has 2 heterocycles. The summed E-state index contributed by atoms with van der Waals surface area (Å²) in [4.78, 5) is 15.0. The topological polar surface area (TPSA) is 92.6 Å². The van der Waals surface area contributed by atoms with Crippen LogP contribution in [0.2, 0.25) is 5.15 Å². The second-order valence-electron chi connectivity index (χ2n) is 3.63. The van der Waals surface area contributed by atoms with Crippen LogP contribution in [-0.2, 0) is 14.8 Å². The van der Waals surface area contributed by atoms with Crippen molar-refractivity contribution in [2.75, 3.05) is 13.6 Å². The number of nitrogens with zero attached hydrogens (tertiary/aromatic N) is 2. The van der Waals surface area contributed by atoms with Crippen molar-refractivity contribution in [3.05, 3.63) is 29.5 Å². The fourth-order valence-electron chi connectivity index (χ4n) is 1.50. The quantitative estimate of drug-likeness (QED) is 0.832. The highest BCUT2D eigenvalue weighted by atomic mass is 35.5. The molecule has 0 aromatic carbocycles. The Morgan fingerprint density at radius 2 is 2.21 bits per heavy atom. The zero-order valence-corrected chi connectivity index (χ0v) is 11.5. The predicted octanol–water partition coefficient (Wildman–Crippen LogP) is 0.0120. The van der Waals surface area contributed by atoms with Crippen molar-refractivity contribution in [2.24, 2.45) is 0 Å². The van der Waals surface area contributed by atoms with Gasteiger partial charge in [-0.25, -0.2) is 18.1 Å². The van der Waals surface area contributed by atoms with Gasteiger partial charge in [-0.05, 0) is 12.1 Å². The SMILES string of the molecule is CNC(=O)CNS(=O)(=O)c1c(Cl)nc2ccccn12. The first kappa shape index (κ1) is 13.8. The zero-order valence-electron chi connectivity index (χ0n) is 9.92. The molecule has 0 saturated carbocycles. The van der Waals surface area contributed by atoms with Crippen molar-refractivity contribution in [3.8, 4) is 0 Å². The van der Waals surface area contributed by atoms with Crippen molar-refractivity contribution < 1.29 is 13.2 Å². The van der Waals surface area contributed by atoms with Crippen LogP contribution in [0.4, 0.5) is 0 Å². The number of pyridine rings is 1. The summed E-state index contributed by atoms with van der Waals surface area (Å²) in [5.41, 5.74) is 0.410. The van der Waals surface area contributed by atoms with E-state index in [4.69, 9.17) is 11.6 Å². The summed E-state index contributed by atoms with van der Waals surface area (Å²) >= 11 is 5.85. The van der Waals surface area contributed by atoms with E-state index in [1.54, 1.807) is 18.2 Å². The van der Waals surface area contributed by atoms with Crippen molar-refractivity contribution in [3.63, 3.8) is 0 Å². The fraction of sp³-hybridized carbons (Fsp3) is 0.200. The molecule has 2 aromatic heterocycles. The van der Waals surface area contributed by atoms with E-state index in [2.05, 4.69) is 15.0 Å². The van der Waals surface area contributed by atoms with E-state index in [0.717, 1.165) is 0 Å². The normalized spacial score (nSPS) is 11.7. The van der Waals surface area contributed by atoms with E-state index >= 15 is 0 Å². The Kier molecular flexibility index (Phi) is 3.74. The maximum absolute atomic E-state index is 12.1. The third kappa shape index (κ3) is 2.70. The summed E-state index contributed by atoms with van der Waals surface area (Å²) in [5, 5.41) is 1.98. The lowest BCUT2D eigenvalue weighted by atomic mass is 10.5. The van der Waals surface area contributed by atoms with Gasteiger partial charge in [0, 0.05) is 13.2 Å².